The number of hydrogen-bond acceptors (Lipinski definition) is 4. The van der Waals surface area contributed by atoms with Crippen LogP contribution in [0.25, 0.3) is 0 Å². The zero-order chi connectivity index (χ0) is 18.1. The van der Waals surface area contributed by atoms with E-state index < -0.39 is 0 Å². The zero-order valence-corrected chi connectivity index (χ0v) is 16.0. The van der Waals surface area contributed by atoms with E-state index in [0.717, 1.165) is 45.4 Å². The Hall–Kier alpha value is -1.14. The third kappa shape index (κ3) is 3.38. The monoisotopic (exact) mass is 363 g/mol. The van der Waals surface area contributed by atoms with Crippen molar-refractivity contribution in [2.45, 2.75) is 63.6 Å². The quantitative estimate of drug-likeness (QED) is 0.775. The van der Waals surface area contributed by atoms with Gasteiger partial charge in [0.15, 0.2) is 0 Å². The molecule has 4 aliphatic rings. The topological polar surface area (TPSA) is 61.9 Å². The highest BCUT2D eigenvalue weighted by molar-refractivity contribution is 5.78. The summed E-state index contributed by atoms with van der Waals surface area (Å²) in [7, 11) is 0. The average molecular weight is 364 g/mol. The zero-order valence-electron chi connectivity index (χ0n) is 16.0. The maximum absolute atomic E-state index is 12.4. The fourth-order valence-electron chi connectivity index (χ4n) is 5.63. The van der Waals surface area contributed by atoms with Crippen LogP contribution in [0.4, 0.5) is 0 Å². The van der Waals surface area contributed by atoms with Crippen molar-refractivity contribution in [3.05, 3.63) is 0 Å². The van der Waals surface area contributed by atoms with Crippen LogP contribution in [-0.4, -0.2) is 72.6 Å². The van der Waals surface area contributed by atoms with Crippen molar-refractivity contribution >= 4 is 11.8 Å². The van der Waals surface area contributed by atoms with Crippen LogP contribution in [0.3, 0.4) is 0 Å². The van der Waals surface area contributed by atoms with Gasteiger partial charge < -0.3 is 15.0 Å². The van der Waals surface area contributed by atoms with Gasteiger partial charge in [0.25, 0.3) is 0 Å². The molecule has 4 rings (SSSR count). The second-order valence-electron chi connectivity index (χ2n) is 8.70. The number of hydrogen-bond donors (Lipinski definition) is 1. The lowest BCUT2D eigenvalue weighted by Gasteiger charge is -2.30. The summed E-state index contributed by atoms with van der Waals surface area (Å²) in [5, 5.41) is 3.17. The molecule has 2 bridgehead atoms. The number of nitrogens with zero attached hydrogens (tertiary/aromatic N) is 2. The first-order valence-corrected chi connectivity index (χ1v) is 10.6. The third-order valence-electron chi connectivity index (χ3n) is 6.95. The summed E-state index contributed by atoms with van der Waals surface area (Å²) in [6, 6.07) is 0. The first kappa shape index (κ1) is 18.2. The molecule has 0 aromatic carbocycles. The first-order chi connectivity index (χ1) is 12.6. The number of likely N-dealkylation sites (tertiary alicyclic amines) is 2. The molecule has 0 radical (unpaired) electrons. The summed E-state index contributed by atoms with van der Waals surface area (Å²) in [5.41, 5.74) is -0.129. The molecular formula is C20H33N3O3. The predicted molar refractivity (Wildman–Crippen MR) is 98.6 cm³/mol. The molecule has 6 heteroatoms. The van der Waals surface area contributed by atoms with Gasteiger partial charge in [-0.15, -0.1) is 0 Å². The molecule has 4 saturated heterocycles. The van der Waals surface area contributed by atoms with Gasteiger partial charge >= 0.3 is 0 Å². The summed E-state index contributed by atoms with van der Waals surface area (Å²) in [4.78, 5) is 29.0. The Labute approximate surface area is 156 Å². The maximum Gasteiger partial charge on any atom is 0.234 e. The Bertz CT molecular complexity index is 548. The minimum atomic E-state index is -0.129. The largest absolute Gasteiger partial charge is 0.369 e. The van der Waals surface area contributed by atoms with Crippen molar-refractivity contribution in [1.82, 2.24) is 15.1 Å². The van der Waals surface area contributed by atoms with E-state index >= 15 is 0 Å². The van der Waals surface area contributed by atoms with Crippen LogP contribution in [0.1, 0.15) is 51.9 Å². The Kier molecular flexibility index (Phi) is 5.24. The molecule has 0 aromatic heterocycles. The Balaban J connectivity index is 1.31. The summed E-state index contributed by atoms with van der Waals surface area (Å²) in [6.45, 7) is 6.92. The van der Waals surface area contributed by atoms with Crippen molar-refractivity contribution in [1.29, 1.82) is 0 Å². The van der Waals surface area contributed by atoms with Crippen molar-refractivity contribution in [3.8, 4) is 0 Å². The smallest absolute Gasteiger partial charge is 0.234 e. The molecule has 4 fully saturated rings. The number of ether oxygens (including phenoxy) is 1. The fourth-order valence-corrected chi connectivity index (χ4v) is 5.63. The van der Waals surface area contributed by atoms with E-state index in [1.54, 1.807) is 0 Å². The normalized spacial score (nSPS) is 36.3. The van der Waals surface area contributed by atoms with Crippen LogP contribution in [0.5, 0.6) is 0 Å². The minimum Gasteiger partial charge on any atom is -0.369 e. The van der Waals surface area contributed by atoms with Crippen molar-refractivity contribution in [2.24, 2.45) is 11.8 Å². The third-order valence-corrected chi connectivity index (χ3v) is 6.95. The van der Waals surface area contributed by atoms with E-state index in [2.05, 4.69) is 17.1 Å². The lowest BCUT2D eigenvalue weighted by Crippen LogP contribution is -2.45. The van der Waals surface area contributed by atoms with Gasteiger partial charge in [0.2, 0.25) is 11.8 Å². The summed E-state index contributed by atoms with van der Waals surface area (Å²) in [6.07, 6.45) is 7.62. The molecule has 6 nitrogen and oxygen atoms in total. The van der Waals surface area contributed by atoms with Gasteiger partial charge in [-0.2, -0.15) is 0 Å². The van der Waals surface area contributed by atoms with E-state index in [4.69, 9.17) is 4.74 Å². The molecule has 1 spiro atoms. The van der Waals surface area contributed by atoms with Crippen LogP contribution < -0.4 is 5.32 Å². The number of piperidine rings is 1. The molecule has 146 valence electrons. The van der Waals surface area contributed by atoms with Gasteiger partial charge in [-0.05, 0) is 45.2 Å². The van der Waals surface area contributed by atoms with E-state index in [1.807, 2.05) is 4.90 Å². The molecule has 0 aliphatic carbocycles. The molecule has 0 unspecified atom stereocenters. The Morgan fingerprint density at radius 1 is 1.23 bits per heavy atom. The van der Waals surface area contributed by atoms with Gasteiger partial charge in [0, 0.05) is 31.3 Å². The molecule has 4 heterocycles. The first-order valence-electron chi connectivity index (χ1n) is 10.6. The van der Waals surface area contributed by atoms with E-state index in [-0.39, 0.29) is 23.5 Å². The minimum absolute atomic E-state index is 0.129. The Morgan fingerprint density at radius 3 is 2.81 bits per heavy atom. The highest BCUT2D eigenvalue weighted by Crippen LogP contribution is 2.54. The molecule has 26 heavy (non-hydrogen) atoms. The van der Waals surface area contributed by atoms with Crippen LogP contribution in [0.2, 0.25) is 0 Å². The lowest BCUT2D eigenvalue weighted by molar-refractivity contribution is -0.132. The van der Waals surface area contributed by atoms with E-state index in [1.165, 1.54) is 19.3 Å². The van der Waals surface area contributed by atoms with Crippen molar-refractivity contribution in [3.63, 3.8) is 0 Å². The number of rotatable bonds is 6. The maximum atomic E-state index is 12.4. The Morgan fingerprint density at radius 2 is 2.04 bits per heavy atom. The highest BCUT2D eigenvalue weighted by atomic mass is 16.5. The average Bonchev–Trinajstić information content (AvgIpc) is 3.29. The second kappa shape index (κ2) is 7.47. The van der Waals surface area contributed by atoms with Gasteiger partial charge in [0.1, 0.15) is 0 Å². The summed E-state index contributed by atoms with van der Waals surface area (Å²) in [5.74, 6) is 1.14. The van der Waals surface area contributed by atoms with Crippen LogP contribution in [-0.2, 0) is 14.3 Å². The fraction of sp³-hybridized carbons (Fsp3) is 0.900. The molecule has 4 aliphatic heterocycles. The second-order valence-corrected chi connectivity index (χ2v) is 8.70. The highest BCUT2D eigenvalue weighted by Gasteiger charge is 2.63. The van der Waals surface area contributed by atoms with Crippen molar-refractivity contribution in [2.75, 3.05) is 39.3 Å². The number of fused-ring (bicyclic) bond motifs is 1. The summed E-state index contributed by atoms with van der Waals surface area (Å²) >= 11 is 0. The lowest BCUT2D eigenvalue weighted by atomic mass is 9.73. The number of amides is 2. The number of nitrogens with one attached hydrogen (secondary N) is 1. The van der Waals surface area contributed by atoms with Crippen LogP contribution in [0, 0.1) is 11.8 Å². The van der Waals surface area contributed by atoms with E-state index in [9.17, 15) is 9.59 Å². The molecule has 0 aromatic rings. The molecule has 1 N–H and O–H groups in total. The predicted octanol–water partition coefficient (Wildman–Crippen LogP) is 1.39. The number of carbonyl (C=O) groups is 2. The standard InChI is InChI=1S/C20H33N3O3/c1-2-6-19(25)23-12-16-15(17-7-8-20(16,14-23)26-17)11-21-18(24)13-22-9-4-3-5-10-22/h15-17H,2-14H2,1H3,(H,21,24)/t15-,16+,17+,20+/m0/s1. The molecule has 2 amide bonds. The van der Waals surface area contributed by atoms with Gasteiger partial charge in [-0.1, -0.05) is 13.3 Å². The number of carbonyl (C=O) groups excluding carboxylic acids is 2. The van der Waals surface area contributed by atoms with Crippen LogP contribution in [0.15, 0.2) is 0 Å². The van der Waals surface area contributed by atoms with E-state index in [0.29, 0.717) is 31.3 Å². The van der Waals surface area contributed by atoms with Gasteiger partial charge in [0.05, 0.1) is 24.8 Å². The summed E-state index contributed by atoms with van der Waals surface area (Å²) < 4.78 is 6.38. The van der Waals surface area contributed by atoms with Gasteiger partial charge in [-0.25, -0.2) is 0 Å². The van der Waals surface area contributed by atoms with Crippen molar-refractivity contribution < 1.29 is 14.3 Å². The van der Waals surface area contributed by atoms with Crippen LogP contribution >= 0.6 is 0 Å². The molecule has 4 atom stereocenters. The molecule has 0 saturated carbocycles. The SMILES string of the molecule is CCCC(=O)N1C[C@@H]2[C@H](CNC(=O)CN3CCCCC3)[C@H]3CC[C@]2(C1)O3. The molecular weight excluding hydrogens is 330 g/mol. The van der Waals surface area contributed by atoms with Gasteiger partial charge in [-0.3, -0.25) is 14.5 Å².